The highest BCUT2D eigenvalue weighted by atomic mass is 79.9. The van der Waals surface area contributed by atoms with Gasteiger partial charge in [0.05, 0.1) is 4.47 Å². The molecule has 2 N–H and O–H groups in total. The Bertz CT molecular complexity index is 299. The van der Waals surface area contributed by atoms with Crippen molar-refractivity contribution in [3.05, 3.63) is 39.6 Å². The largest absolute Gasteiger partial charge is 0.321 e. The molecule has 1 aromatic rings. The number of hydrogen-bond acceptors (Lipinski definition) is 2. The molecule has 1 atom stereocenters. The monoisotopic (exact) mass is 290 g/mol. The molecule has 0 aliphatic heterocycles. The maximum Gasteiger partial charge on any atom is 0.120 e. The molecule has 0 saturated heterocycles. The van der Waals surface area contributed by atoms with Crippen LogP contribution in [0.2, 0.25) is 0 Å². The third-order valence-corrected chi connectivity index (χ3v) is 3.46. The zero-order chi connectivity index (χ0) is 9.14. The number of halogens is 2. The second-order valence-corrected chi connectivity index (χ2v) is 3.81. The standard InChI is InChI=1S/C8H8Br2N2/c1-2-6(11)5-3-4-12-8(10)7(5)9/h2-4,6H,1,11H2/t6-/m1/s1. The highest BCUT2D eigenvalue weighted by molar-refractivity contribution is 9.13. The predicted octanol–water partition coefficient (Wildman–Crippen LogP) is 2.79. The Morgan fingerprint density at radius 2 is 2.25 bits per heavy atom. The second-order valence-electron chi connectivity index (χ2n) is 2.27. The molecule has 0 fully saturated rings. The SMILES string of the molecule is C=C[C@@H](N)c1ccnc(Br)c1Br. The number of hydrogen-bond donors (Lipinski definition) is 1. The summed E-state index contributed by atoms with van der Waals surface area (Å²) >= 11 is 6.68. The highest BCUT2D eigenvalue weighted by Crippen LogP contribution is 2.28. The fraction of sp³-hybridized carbons (Fsp3) is 0.125. The first kappa shape index (κ1) is 9.89. The van der Waals surface area contributed by atoms with E-state index in [2.05, 4.69) is 43.4 Å². The summed E-state index contributed by atoms with van der Waals surface area (Å²) in [6, 6.07) is 1.71. The lowest BCUT2D eigenvalue weighted by molar-refractivity contribution is 0.899. The van der Waals surface area contributed by atoms with Crippen LogP contribution in [0.4, 0.5) is 0 Å². The average Bonchev–Trinajstić information content (AvgIpc) is 2.08. The summed E-state index contributed by atoms with van der Waals surface area (Å²) in [6.45, 7) is 3.63. The third-order valence-electron chi connectivity index (χ3n) is 1.49. The summed E-state index contributed by atoms with van der Waals surface area (Å²) in [5, 5.41) is 0. The topological polar surface area (TPSA) is 38.9 Å². The van der Waals surface area contributed by atoms with Crippen LogP contribution in [0, 0.1) is 0 Å². The van der Waals surface area contributed by atoms with Gasteiger partial charge >= 0.3 is 0 Å². The van der Waals surface area contributed by atoms with Gasteiger partial charge in [-0.3, -0.25) is 0 Å². The molecule has 4 heteroatoms. The van der Waals surface area contributed by atoms with Crippen molar-refractivity contribution in [2.45, 2.75) is 6.04 Å². The van der Waals surface area contributed by atoms with Gasteiger partial charge in [-0.1, -0.05) is 6.08 Å². The van der Waals surface area contributed by atoms with Crippen LogP contribution in [0.3, 0.4) is 0 Å². The maximum atomic E-state index is 5.77. The lowest BCUT2D eigenvalue weighted by Crippen LogP contribution is -2.07. The minimum atomic E-state index is -0.154. The molecule has 0 unspecified atom stereocenters. The van der Waals surface area contributed by atoms with Crippen LogP contribution < -0.4 is 5.73 Å². The van der Waals surface area contributed by atoms with Crippen LogP contribution in [-0.4, -0.2) is 4.98 Å². The Morgan fingerprint density at radius 1 is 1.58 bits per heavy atom. The molecule has 0 aliphatic rings. The number of pyridine rings is 1. The number of nitrogens with zero attached hydrogens (tertiary/aromatic N) is 1. The van der Waals surface area contributed by atoms with Crippen molar-refractivity contribution in [3.63, 3.8) is 0 Å². The quantitative estimate of drug-likeness (QED) is 0.672. The Labute approximate surface area is 88.1 Å². The van der Waals surface area contributed by atoms with E-state index in [1.54, 1.807) is 12.3 Å². The predicted molar refractivity (Wildman–Crippen MR) is 56.8 cm³/mol. The lowest BCUT2D eigenvalue weighted by Gasteiger charge is -2.08. The van der Waals surface area contributed by atoms with Crippen molar-refractivity contribution in [1.82, 2.24) is 4.98 Å². The highest BCUT2D eigenvalue weighted by Gasteiger charge is 2.08. The van der Waals surface area contributed by atoms with E-state index in [0.717, 1.165) is 14.6 Å². The van der Waals surface area contributed by atoms with Gasteiger partial charge in [0.2, 0.25) is 0 Å². The molecule has 2 nitrogen and oxygen atoms in total. The lowest BCUT2D eigenvalue weighted by atomic mass is 10.1. The van der Waals surface area contributed by atoms with Crippen LogP contribution in [0.5, 0.6) is 0 Å². The Hall–Kier alpha value is -0.190. The van der Waals surface area contributed by atoms with Gasteiger partial charge in [-0.2, -0.15) is 0 Å². The smallest absolute Gasteiger partial charge is 0.120 e. The molecule has 1 aromatic heterocycles. The van der Waals surface area contributed by atoms with Crippen LogP contribution >= 0.6 is 31.9 Å². The fourth-order valence-electron chi connectivity index (χ4n) is 0.816. The summed E-state index contributed by atoms with van der Waals surface area (Å²) in [5.41, 5.74) is 6.75. The van der Waals surface area contributed by atoms with E-state index in [1.807, 2.05) is 6.07 Å². The Balaban J connectivity index is 3.15. The van der Waals surface area contributed by atoms with Crippen molar-refractivity contribution in [2.75, 3.05) is 0 Å². The molecule has 64 valence electrons. The van der Waals surface area contributed by atoms with Crippen molar-refractivity contribution in [2.24, 2.45) is 5.73 Å². The minimum Gasteiger partial charge on any atom is -0.321 e. The first-order valence-corrected chi connectivity index (χ1v) is 4.93. The van der Waals surface area contributed by atoms with Gasteiger partial charge < -0.3 is 5.73 Å². The van der Waals surface area contributed by atoms with Crippen molar-refractivity contribution in [1.29, 1.82) is 0 Å². The molecule has 0 aliphatic carbocycles. The van der Waals surface area contributed by atoms with Gasteiger partial charge in [0.25, 0.3) is 0 Å². The average molecular weight is 292 g/mol. The summed E-state index contributed by atoms with van der Waals surface area (Å²) < 4.78 is 1.65. The molecular weight excluding hydrogens is 284 g/mol. The number of aromatic nitrogens is 1. The van der Waals surface area contributed by atoms with Crippen molar-refractivity contribution >= 4 is 31.9 Å². The molecule has 0 bridgehead atoms. The van der Waals surface area contributed by atoms with Crippen molar-refractivity contribution in [3.8, 4) is 0 Å². The van der Waals surface area contributed by atoms with E-state index in [4.69, 9.17) is 5.73 Å². The van der Waals surface area contributed by atoms with Gasteiger partial charge in [0.15, 0.2) is 0 Å². The molecule has 0 amide bonds. The third kappa shape index (κ3) is 1.94. The van der Waals surface area contributed by atoms with Crippen LogP contribution in [-0.2, 0) is 0 Å². The zero-order valence-corrected chi connectivity index (χ0v) is 9.47. The van der Waals surface area contributed by atoms with Gasteiger partial charge in [0, 0.05) is 12.2 Å². The molecular formula is C8H8Br2N2. The molecule has 1 rings (SSSR count). The molecule has 0 spiro atoms. The number of rotatable bonds is 2. The summed E-state index contributed by atoms with van der Waals surface area (Å²) in [7, 11) is 0. The molecule has 0 radical (unpaired) electrons. The molecule has 0 saturated carbocycles. The van der Waals surface area contributed by atoms with E-state index in [0.29, 0.717) is 0 Å². The van der Waals surface area contributed by atoms with E-state index in [-0.39, 0.29) is 6.04 Å². The van der Waals surface area contributed by atoms with Gasteiger partial charge in [0.1, 0.15) is 4.60 Å². The van der Waals surface area contributed by atoms with E-state index < -0.39 is 0 Å². The van der Waals surface area contributed by atoms with Gasteiger partial charge in [-0.15, -0.1) is 6.58 Å². The fourth-order valence-corrected chi connectivity index (χ4v) is 1.66. The van der Waals surface area contributed by atoms with Crippen LogP contribution in [0.15, 0.2) is 34.0 Å². The Kier molecular flexibility index (Phi) is 3.43. The summed E-state index contributed by atoms with van der Waals surface area (Å²) in [4.78, 5) is 4.04. The zero-order valence-electron chi connectivity index (χ0n) is 6.30. The molecule has 1 heterocycles. The summed E-state index contributed by atoms with van der Waals surface area (Å²) in [6.07, 6.45) is 3.39. The van der Waals surface area contributed by atoms with E-state index in [1.165, 1.54) is 0 Å². The first-order chi connectivity index (χ1) is 5.66. The summed E-state index contributed by atoms with van der Waals surface area (Å²) in [5.74, 6) is 0. The Morgan fingerprint density at radius 3 is 2.83 bits per heavy atom. The van der Waals surface area contributed by atoms with Crippen LogP contribution in [0.1, 0.15) is 11.6 Å². The number of nitrogens with two attached hydrogens (primary N) is 1. The maximum absolute atomic E-state index is 5.77. The van der Waals surface area contributed by atoms with Gasteiger partial charge in [-0.05, 0) is 43.5 Å². The second kappa shape index (κ2) is 4.16. The van der Waals surface area contributed by atoms with Gasteiger partial charge in [-0.25, -0.2) is 4.98 Å². The van der Waals surface area contributed by atoms with E-state index in [9.17, 15) is 0 Å². The minimum absolute atomic E-state index is 0.154. The molecule has 12 heavy (non-hydrogen) atoms. The normalized spacial score (nSPS) is 12.6. The van der Waals surface area contributed by atoms with E-state index >= 15 is 0 Å². The van der Waals surface area contributed by atoms with Crippen molar-refractivity contribution < 1.29 is 0 Å². The van der Waals surface area contributed by atoms with Crippen LogP contribution in [0.25, 0.3) is 0 Å². The first-order valence-electron chi connectivity index (χ1n) is 3.35. The molecule has 0 aromatic carbocycles.